The van der Waals surface area contributed by atoms with Gasteiger partial charge in [-0.1, -0.05) is 35.9 Å². The van der Waals surface area contributed by atoms with Crippen molar-refractivity contribution < 1.29 is 19.1 Å². The lowest BCUT2D eigenvalue weighted by molar-refractivity contribution is -0.126. The Kier molecular flexibility index (Phi) is 8.40. The highest BCUT2D eigenvalue weighted by Crippen LogP contribution is 2.28. The second kappa shape index (κ2) is 11.7. The highest BCUT2D eigenvalue weighted by molar-refractivity contribution is 6.03. The molecule has 0 unspecified atom stereocenters. The van der Waals surface area contributed by atoms with Crippen molar-refractivity contribution in [2.75, 3.05) is 12.4 Å². The number of carbonyl (C=O) groups is 2. The molecule has 0 aliphatic carbocycles. The molecule has 2 N–H and O–H groups in total. The lowest BCUT2D eigenvalue weighted by Gasteiger charge is -2.11. The smallest absolute Gasteiger partial charge is 0.249 e. The molecular formula is C27H29N3O4. The minimum atomic E-state index is -0.511. The normalized spacial score (nSPS) is 10.7. The number of rotatable bonds is 9. The van der Waals surface area contributed by atoms with Crippen molar-refractivity contribution in [2.24, 2.45) is 5.10 Å². The average molecular weight is 460 g/mol. The van der Waals surface area contributed by atoms with E-state index in [2.05, 4.69) is 15.8 Å². The summed E-state index contributed by atoms with van der Waals surface area (Å²) < 4.78 is 11.3. The van der Waals surface area contributed by atoms with Gasteiger partial charge in [0.1, 0.15) is 13.0 Å². The summed E-state index contributed by atoms with van der Waals surface area (Å²) >= 11 is 0. The number of hydrazone groups is 1. The van der Waals surface area contributed by atoms with E-state index in [4.69, 9.17) is 9.47 Å². The first-order chi connectivity index (χ1) is 16.3. The van der Waals surface area contributed by atoms with Gasteiger partial charge in [-0.05, 0) is 73.4 Å². The number of benzene rings is 3. The minimum Gasteiger partial charge on any atom is -0.493 e. The zero-order chi connectivity index (χ0) is 24.5. The van der Waals surface area contributed by atoms with Crippen LogP contribution in [0.25, 0.3) is 0 Å². The number of hydrogen-bond donors (Lipinski definition) is 2. The highest BCUT2D eigenvalue weighted by atomic mass is 16.5. The van der Waals surface area contributed by atoms with Gasteiger partial charge in [-0.25, -0.2) is 5.43 Å². The van der Waals surface area contributed by atoms with Crippen molar-refractivity contribution >= 4 is 23.7 Å². The van der Waals surface area contributed by atoms with E-state index in [1.54, 1.807) is 31.4 Å². The van der Waals surface area contributed by atoms with Gasteiger partial charge in [0.25, 0.3) is 0 Å². The maximum atomic E-state index is 12.1. The molecule has 0 saturated heterocycles. The Morgan fingerprint density at radius 2 is 1.65 bits per heavy atom. The SMILES string of the molecule is COc1cc(C=NNC(=O)CC(=O)Nc2ccc(C)c(C)c2)ccc1OCc1ccc(C)cc1. The fourth-order valence-corrected chi connectivity index (χ4v) is 3.12. The van der Waals surface area contributed by atoms with Crippen molar-refractivity contribution in [1.82, 2.24) is 5.43 Å². The van der Waals surface area contributed by atoms with Gasteiger partial charge in [0.05, 0.1) is 13.3 Å². The van der Waals surface area contributed by atoms with E-state index < -0.39 is 11.8 Å². The predicted octanol–water partition coefficient (Wildman–Crippen LogP) is 4.68. The fraction of sp³-hybridized carbons (Fsp3) is 0.222. The number of nitrogens with one attached hydrogen (secondary N) is 2. The monoisotopic (exact) mass is 459 g/mol. The van der Waals surface area contributed by atoms with Gasteiger partial charge in [-0.3, -0.25) is 9.59 Å². The molecule has 0 atom stereocenters. The summed E-state index contributed by atoms with van der Waals surface area (Å²) in [5.41, 5.74) is 8.18. The average Bonchev–Trinajstić information content (AvgIpc) is 2.81. The van der Waals surface area contributed by atoms with E-state index in [0.29, 0.717) is 29.4 Å². The van der Waals surface area contributed by atoms with Crippen molar-refractivity contribution in [3.8, 4) is 11.5 Å². The minimum absolute atomic E-state index is 0.334. The Bertz CT molecular complexity index is 1190. The van der Waals surface area contributed by atoms with E-state index in [0.717, 1.165) is 16.7 Å². The van der Waals surface area contributed by atoms with Crippen LogP contribution in [-0.4, -0.2) is 25.1 Å². The topological polar surface area (TPSA) is 89.0 Å². The fourth-order valence-electron chi connectivity index (χ4n) is 3.12. The molecule has 34 heavy (non-hydrogen) atoms. The van der Waals surface area contributed by atoms with Gasteiger partial charge in [0, 0.05) is 5.69 Å². The number of anilines is 1. The third-order valence-electron chi connectivity index (χ3n) is 5.22. The van der Waals surface area contributed by atoms with Crippen LogP contribution >= 0.6 is 0 Å². The van der Waals surface area contributed by atoms with E-state index in [1.165, 1.54) is 11.8 Å². The molecule has 0 aliphatic rings. The number of nitrogens with zero attached hydrogens (tertiary/aromatic N) is 1. The van der Waals surface area contributed by atoms with Gasteiger partial charge in [-0.2, -0.15) is 5.10 Å². The quantitative estimate of drug-likeness (QED) is 0.276. The molecule has 3 aromatic carbocycles. The van der Waals surface area contributed by atoms with Crippen LogP contribution in [0.1, 0.15) is 34.2 Å². The molecule has 0 spiro atoms. The molecule has 7 nitrogen and oxygen atoms in total. The van der Waals surface area contributed by atoms with E-state index in [-0.39, 0.29) is 6.42 Å². The van der Waals surface area contributed by atoms with Gasteiger partial charge in [-0.15, -0.1) is 0 Å². The van der Waals surface area contributed by atoms with Crippen molar-refractivity contribution in [2.45, 2.75) is 33.8 Å². The summed E-state index contributed by atoms with van der Waals surface area (Å²) in [4.78, 5) is 24.1. The third-order valence-corrected chi connectivity index (χ3v) is 5.22. The van der Waals surface area contributed by atoms with Crippen molar-refractivity contribution in [3.05, 3.63) is 88.5 Å². The Morgan fingerprint density at radius 1 is 0.882 bits per heavy atom. The first-order valence-corrected chi connectivity index (χ1v) is 10.9. The van der Waals surface area contributed by atoms with Gasteiger partial charge >= 0.3 is 0 Å². The second-order valence-electron chi connectivity index (χ2n) is 8.00. The predicted molar refractivity (Wildman–Crippen MR) is 133 cm³/mol. The largest absolute Gasteiger partial charge is 0.493 e. The lowest BCUT2D eigenvalue weighted by Crippen LogP contribution is -2.24. The molecule has 3 rings (SSSR count). The van der Waals surface area contributed by atoms with Crippen LogP contribution in [0.2, 0.25) is 0 Å². The van der Waals surface area contributed by atoms with Crippen LogP contribution in [-0.2, 0) is 16.2 Å². The van der Waals surface area contributed by atoms with Crippen LogP contribution in [0.3, 0.4) is 0 Å². The first kappa shape index (κ1) is 24.5. The second-order valence-corrected chi connectivity index (χ2v) is 8.00. The van der Waals surface area contributed by atoms with Crippen LogP contribution < -0.4 is 20.2 Å². The number of aryl methyl sites for hydroxylation is 3. The van der Waals surface area contributed by atoms with E-state index in [9.17, 15) is 9.59 Å². The molecule has 0 fully saturated rings. The maximum absolute atomic E-state index is 12.1. The number of amides is 2. The maximum Gasteiger partial charge on any atom is 0.249 e. The molecule has 0 aliphatic heterocycles. The van der Waals surface area contributed by atoms with Crippen LogP contribution in [0.15, 0.2) is 65.8 Å². The Labute approximate surface area is 199 Å². The van der Waals surface area contributed by atoms with Crippen LogP contribution in [0, 0.1) is 20.8 Å². The summed E-state index contributed by atoms with van der Waals surface area (Å²) in [5.74, 6) is 0.234. The molecule has 0 radical (unpaired) electrons. The summed E-state index contributed by atoms with van der Waals surface area (Å²) in [6, 6.07) is 19.1. The van der Waals surface area contributed by atoms with Gasteiger partial charge in [0.2, 0.25) is 11.8 Å². The lowest BCUT2D eigenvalue weighted by atomic mass is 10.1. The molecule has 0 aromatic heterocycles. The first-order valence-electron chi connectivity index (χ1n) is 10.9. The van der Waals surface area contributed by atoms with Crippen molar-refractivity contribution in [3.63, 3.8) is 0 Å². The molecular weight excluding hydrogens is 430 g/mol. The standard InChI is InChI=1S/C27H29N3O4/c1-18-5-8-21(9-6-18)17-34-24-12-10-22(14-25(24)33-4)16-28-30-27(32)15-26(31)29-23-11-7-19(2)20(3)13-23/h5-14,16H,15,17H2,1-4H3,(H,29,31)(H,30,32). The summed E-state index contributed by atoms with van der Waals surface area (Å²) in [6.07, 6.45) is 1.14. The molecule has 2 amide bonds. The molecule has 0 heterocycles. The van der Waals surface area contributed by atoms with E-state index >= 15 is 0 Å². The number of ether oxygens (including phenoxy) is 2. The van der Waals surface area contributed by atoms with E-state index in [1.807, 2.05) is 57.2 Å². The molecule has 0 saturated carbocycles. The molecule has 7 heteroatoms. The molecule has 176 valence electrons. The number of hydrogen-bond acceptors (Lipinski definition) is 5. The summed E-state index contributed by atoms with van der Waals surface area (Å²) in [5, 5.41) is 6.65. The highest BCUT2D eigenvalue weighted by Gasteiger charge is 2.10. The molecule has 3 aromatic rings. The zero-order valence-electron chi connectivity index (χ0n) is 19.8. The van der Waals surface area contributed by atoms with Crippen molar-refractivity contribution in [1.29, 1.82) is 0 Å². The zero-order valence-corrected chi connectivity index (χ0v) is 19.8. The number of methoxy groups -OCH3 is 1. The van der Waals surface area contributed by atoms with Gasteiger partial charge in [0.15, 0.2) is 11.5 Å². The Morgan fingerprint density at radius 3 is 2.35 bits per heavy atom. The Balaban J connectivity index is 1.51. The Hall–Kier alpha value is -4.13. The molecule has 0 bridgehead atoms. The van der Waals surface area contributed by atoms with Crippen LogP contribution in [0.5, 0.6) is 11.5 Å². The third kappa shape index (κ3) is 7.20. The van der Waals surface area contributed by atoms with Gasteiger partial charge < -0.3 is 14.8 Å². The summed E-state index contributed by atoms with van der Waals surface area (Å²) in [6.45, 7) is 6.42. The number of carbonyl (C=O) groups excluding carboxylic acids is 2. The van der Waals surface area contributed by atoms with Crippen LogP contribution in [0.4, 0.5) is 5.69 Å². The summed E-state index contributed by atoms with van der Waals surface area (Å²) in [7, 11) is 1.56.